The summed E-state index contributed by atoms with van der Waals surface area (Å²) in [5.74, 6) is 0.252. The summed E-state index contributed by atoms with van der Waals surface area (Å²) in [4.78, 5) is 25.7. The highest BCUT2D eigenvalue weighted by molar-refractivity contribution is 6.33. The summed E-state index contributed by atoms with van der Waals surface area (Å²) < 4.78 is 0. The third-order valence-corrected chi connectivity index (χ3v) is 4.09. The van der Waals surface area contributed by atoms with Gasteiger partial charge in [-0.2, -0.15) is 0 Å². The zero-order valence-electron chi connectivity index (χ0n) is 11.6. The molecule has 1 aliphatic heterocycles. The first kappa shape index (κ1) is 16.1. The van der Waals surface area contributed by atoms with Crippen molar-refractivity contribution in [3.8, 4) is 0 Å². The van der Waals surface area contributed by atoms with Crippen LogP contribution in [-0.4, -0.2) is 41.7 Å². The molecule has 114 valence electrons. The van der Waals surface area contributed by atoms with Gasteiger partial charge < -0.3 is 10.2 Å². The van der Waals surface area contributed by atoms with Crippen LogP contribution in [0.5, 0.6) is 0 Å². The molecule has 21 heavy (non-hydrogen) atoms. The second-order valence-corrected chi connectivity index (χ2v) is 5.84. The number of hydrogen-bond acceptors (Lipinski definition) is 2. The van der Waals surface area contributed by atoms with Crippen molar-refractivity contribution in [1.29, 1.82) is 0 Å². The van der Waals surface area contributed by atoms with Crippen LogP contribution >= 0.6 is 23.2 Å². The zero-order chi connectivity index (χ0) is 15.2. The lowest BCUT2D eigenvalue weighted by atomic mass is 10.0. The van der Waals surface area contributed by atoms with E-state index < -0.39 is 0 Å². The van der Waals surface area contributed by atoms with Crippen LogP contribution in [0.25, 0.3) is 0 Å². The summed E-state index contributed by atoms with van der Waals surface area (Å²) in [5, 5.41) is 3.42. The minimum absolute atomic E-state index is 0.0270. The normalized spacial score (nSPS) is 15.8. The van der Waals surface area contributed by atoms with Crippen LogP contribution in [0.3, 0.4) is 0 Å². The second kappa shape index (κ2) is 7.66. The van der Waals surface area contributed by atoms with Crippen molar-refractivity contribution in [3.05, 3.63) is 34.9 Å². The fourth-order valence-corrected chi connectivity index (χ4v) is 2.81. The number of hydrogen-bond donors (Lipinski definition) is 1. The first-order valence-corrected chi connectivity index (χ1v) is 7.92. The Labute approximate surface area is 134 Å². The van der Waals surface area contributed by atoms with E-state index in [1.165, 1.54) is 0 Å². The van der Waals surface area contributed by atoms with Crippen molar-refractivity contribution in [1.82, 2.24) is 10.2 Å². The van der Waals surface area contributed by atoms with Crippen molar-refractivity contribution in [2.45, 2.75) is 25.3 Å². The van der Waals surface area contributed by atoms with Gasteiger partial charge in [-0.3, -0.25) is 9.59 Å². The molecule has 0 atom stereocenters. The van der Waals surface area contributed by atoms with Crippen molar-refractivity contribution >= 4 is 35.0 Å². The molecule has 4 nitrogen and oxygen atoms in total. The summed E-state index contributed by atoms with van der Waals surface area (Å²) in [6, 6.07) is 7.18. The lowest BCUT2D eigenvalue weighted by Gasteiger charge is -2.32. The number of nitrogens with zero attached hydrogens (tertiary/aromatic N) is 1. The summed E-state index contributed by atoms with van der Waals surface area (Å²) in [6.07, 6.45) is 1.84. The monoisotopic (exact) mass is 328 g/mol. The van der Waals surface area contributed by atoms with Crippen LogP contribution in [0.15, 0.2) is 24.3 Å². The van der Waals surface area contributed by atoms with Gasteiger partial charge in [0.15, 0.2) is 0 Å². The highest BCUT2D eigenvalue weighted by Crippen LogP contribution is 2.20. The van der Waals surface area contributed by atoms with Crippen LogP contribution in [0.1, 0.15) is 29.6 Å². The van der Waals surface area contributed by atoms with Crippen LogP contribution < -0.4 is 5.32 Å². The van der Waals surface area contributed by atoms with Gasteiger partial charge in [-0.1, -0.05) is 23.7 Å². The number of piperidine rings is 1. The Kier molecular flexibility index (Phi) is 5.88. The summed E-state index contributed by atoms with van der Waals surface area (Å²) in [6.45, 7) is 1.24. The van der Waals surface area contributed by atoms with Gasteiger partial charge in [0.2, 0.25) is 5.91 Å². The summed E-state index contributed by atoms with van der Waals surface area (Å²) >= 11 is 11.6. The first-order chi connectivity index (χ1) is 10.1. The van der Waals surface area contributed by atoms with E-state index in [2.05, 4.69) is 5.32 Å². The van der Waals surface area contributed by atoms with Crippen LogP contribution in [0.4, 0.5) is 0 Å². The van der Waals surface area contributed by atoms with Gasteiger partial charge in [-0.25, -0.2) is 0 Å². The molecule has 0 unspecified atom stereocenters. The first-order valence-electron chi connectivity index (χ1n) is 7.01. The van der Waals surface area contributed by atoms with E-state index in [0.717, 1.165) is 12.8 Å². The molecular weight excluding hydrogens is 311 g/mol. The molecule has 1 aromatic rings. The van der Waals surface area contributed by atoms with E-state index in [-0.39, 0.29) is 17.9 Å². The van der Waals surface area contributed by atoms with E-state index >= 15 is 0 Å². The van der Waals surface area contributed by atoms with Gasteiger partial charge in [0.25, 0.3) is 5.91 Å². The molecule has 0 aliphatic carbocycles. The Balaban J connectivity index is 1.88. The molecular formula is C15H18Cl2N2O2. The molecule has 0 aromatic heterocycles. The highest BCUT2D eigenvalue weighted by Gasteiger charge is 2.25. The molecule has 0 saturated carbocycles. The number of carbonyl (C=O) groups is 2. The third-order valence-electron chi connectivity index (χ3n) is 3.57. The predicted octanol–water partition coefficient (Wildman–Crippen LogP) is 2.69. The smallest absolute Gasteiger partial charge is 0.255 e. The second-order valence-electron chi connectivity index (χ2n) is 5.05. The molecule has 1 aromatic carbocycles. The van der Waals surface area contributed by atoms with Crippen LogP contribution in [0, 0.1) is 0 Å². The van der Waals surface area contributed by atoms with Gasteiger partial charge in [0.1, 0.15) is 0 Å². The molecule has 0 spiro atoms. The maximum atomic E-state index is 12.4. The van der Waals surface area contributed by atoms with E-state index in [1.807, 2.05) is 0 Å². The quantitative estimate of drug-likeness (QED) is 0.864. The zero-order valence-corrected chi connectivity index (χ0v) is 13.2. The molecule has 2 rings (SSSR count). The number of rotatable bonds is 4. The number of nitrogens with one attached hydrogen (secondary N) is 1. The van der Waals surface area contributed by atoms with Crippen molar-refractivity contribution in [2.75, 3.05) is 19.0 Å². The number of likely N-dealkylation sites (tertiary alicyclic amines) is 1. The van der Waals surface area contributed by atoms with E-state index in [1.54, 1.807) is 29.2 Å². The third kappa shape index (κ3) is 4.35. The molecule has 0 bridgehead atoms. The van der Waals surface area contributed by atoms with Gasteiger partial charge in [-0.15, -0.1) is 11.6 Å². The Morgan fingerprint density at radius 1 is 1.24 bits per heavy atom. The lowest BCUT2D eigenvalue weighted by Crippen LogP contribution is -2.46. The van der Waals surface area contributed by atoms with Gasteiger partial charge in [0.05, 0.1) is 10.6 Å². The molecule has 1 saturated heterocycles. The largest absolute Gasteiger partial charge is 0.353 e. The Morgan fingerprint density at radius 3 is 2.52 bits per heavy atom. The average Bonchev–Trinajstić information content (AvgIpc) is 2.48. The minimum atomic E-state index is -0.0499. The number of carbonyl (C=O) groups excluding carboxylic acids is 2. The van der Waals surface area contributed by atoms with Crippen LogP contribution in [-0.2, 0) is 4.79 Å². The molecule has 1 N–H and O–H groups in total. The number of amides is 2. The Bertz CT molecular complexity index is 514. The van der Waals surface area contributed by atoms with Crippen molar-refractivity contribution in [3.63, 3.8) is 0 Å². The van der Waals surface area contributed by atoms with E-state index in [0.29, 0.717) is 36.0 Å². The topological polar surface area (TPSA) is 49.4 Å². The molecule has 1 fully saturated rings. The Morgan fingerprint density at radius 2 is 1.90 bits per heavy atom. The highest BCUT2D eigenvalue weighted by atomic mass is 35.5. The molecule has 1 heterocycles. The Hall–Kier alpha value is -1.26. The van der Waals surface area contributed by atoms with Gasteiger partial charge in [0, 0.05) is 31.4 Å². The molecule has 0 radical (unpaired) electrons. The van der Waals surface area contributed by atoms with Crippen molar-refractivity contribution < 1.29 is 9.59 Å². The molecule has 2 amide bonds. The fourth-order valence-electron chi connectivity index (χ4n) is 2.42. The lowest BCUT2D eigenvalue weighted by molar-refractivity contribution is -0.121. The van der Waals surface area contributed by atoms with Crippen LogP contribution in [0.2, 0.25) is 5.02 Å². The SMILES string of the molecule is O=C(CCCl)NC1CCN(C(=O)c2ccccc2Cl)CC1. The maximum absolute atomic E-state index is 12.4. The number of alkyl halides is 1. The standard InChI is InChI=1S/C15H18Cl2N2O2/c16-8-5-14(20)18-11-6-9-19(10-7-11)15(21)12-3-1-2-4-13(12)17/h1-4,11H,5-10H2,(H,18,20). The maximum Gasteiger partial charge on any atom is 0.255 e. The molecule has 1 aliphatic rings. The fraction of sp³-hybridized carbons (Fsp3) is 0.467. The van der Waals surface area contributed by atoms with Gasteiger partial charge in [-0.05, 0) is 25.0 Å². The van der Waals surface area contributed by atoms with Gasteiger partial charge >= 0.3 is 0 Å². The van der Waals surface area contributed by atoms with E-state index in [4.69, 9.17) is 23.2 Å². The van der Waals surface area contributed by atoms with E-state index in [9.17, 15) is 9.59 Å². The average molecular weight is 329 g/mol. The summed E-state index contributed by atoms with van der Waals surface area (Å²) in [5.41, 5.74) is 0.531. The number of halogens is 2. The molecule has 6 heteroatoms. The predicted molar refractivity (Wildman–Crippen MR) is 83.9 cm³/mol. The van der Waals surface area contributed by atoms with Crippen molar-refractivity contribution in [2.24, 2.45) is 0 Å². The summed E-state index contributed by atoms with van der Waals surface area (Å²) in [7, 11) is 0. The minimum Gasteiger partial charge on any atom is -0.353 e. The number of benzene rings is 1.